The van der Waals surface area contributed by atoms with Crippen molar-refractivity contribution in [3.05, 3.63) is 17.5 Å². The SMILES string of the molecule is CNCC(C)NCc1cc(C)no1. The lowest BCUT2D eigenvalue weighted by atomic mass is 10.3. The maximum absolute atomic E-state index is 5.06. The summed E-state index contributed by atoms with van der Waals surface area (Å²) >= 11 is 0. The summed E-state index contributed by atoms with van der Waals surface area (Å²) in [6.45, 7) is 5.74. The molecule has 13 heavy (non-hydrogen) atoms. The number of rotatable bonds is 5. The molecule has 1 aromatic rings. The van der Waals surface area contributed by atoms with E-state index >= 15 is 0 Å². The first-order valence-electron chi connectivity index (χ1n) is 4.52. The number of hydrogen-bond acceptors (Lipinski definition) is 4. The molecule has 0 amide bonds. The zero-order chi connectivity index (χ0) is 9.68. The van der Waals surface area contributed by atoms with Crippen LogP contribution >= 0.6 is 0 Å². The molecule has 74 valence electrons. The Kier molecular flexibility index (Phi) is 3.92. The number of nitrogens with zero attached hydrogens (tertiary/aromatic N) is 1. The molecule has 4 nitrogen and oxygen atoms in total. The third-order valence-corrected chi connectivity index (χ3v) is 1.81. The summed E-state index contributed by atoms with van der Waals surface area (Å²) < 4.78 is 5.06. The smallest absolute Gasteiger partial charge is 0.150 e. The molecule has 0 fully saturated rings. The van der Waals surface area contributed by atoms with Gasteiger partial charge in [-0.25, -0.2) is 0 Å². The fourth-order valence-corrected chi connectivity index (χ4v) is 1.15. The average Bonchev–Trinajstić information content (AvgIpc) is 2.49. The minimum absolute atomic E-state index is 0.440. The molecule has 1 atom stereocenters. The van der Waals surface area contributed by atoms with E-state index in [1.807, 2.05) is 20.0 Å². The zero-order valence-electron chi connectivity index (χ0n) is 8.42. The minimum atomic E-state index is 0.440. The Hall–Kier alpha value is -0.870. The largest absolute Gasteiger partial charge is 0.360 e. The lowest BCUT2D eigenvalue weighted by molar-refractivity contribution is 0.361. The Labute approximate surface area is 78.7 Å². The predicted octanol–water partition coefficient (Wildman–Crippen LogP) is 0.681. The first kappa shape index (κ1) is 10.2. The summed E-state index contributed by atoms with van der Waals surface area (Å²) in [6.07, 6.45) is 0. The van der Waals surface area contributed by atoms with Crippen LogP contribution in [0.25, 0.3) is 0 Å². The lowest BCUT2D eigenvalue weighted by Crippen LogP contribution is -2.34. The number of hydrogen-bond donors (Lipinski definition) is 2. The molecule has 1 rings (SSSR count). The standard InChI is InChI=1S/C9H17N3O/c1-7-4-9(13-12-7)6-11-8(2)5-10-3/h4,8,10-11H,5-6H2,1-3H3. The van der Waals surface area contributed by atoms with E-state index in [1.165, 1.54) is 0 Å². The Morgan fingerprint density at radius 3 is 2.92 bits per heavy atom. The van der Waals surface area contributed by atoms with Gasteiger partial charge in [-0.3, -0.25) is 0 Å². The monoisotopic (exact) mass is 183 g/mol. The Morgan fingerprint density at radius 2 is 2.38 bits per heavy atom. The molecule has 1 aromatic heterocycles. The van der Waals surface area contributed by atoms with Gasteiger partial charge in [0.05, 0.1) is 12.2 Å². The highest BCUT2D eigenvalue weighted by molar-refractivity contribution is 5.02. The molecule has 0 saturated heterocycles. The molecule has 0 bridgehead atoms. The second-order valence-corrected chi connectivity index (χ2v) is 3.27. The van der Waals surface area contributed by atoms with E-state index in [4.69, 9.17) is 4.52 Å². The van der Waals surface area contributed by atoms with Gasteiger partial charge in [-0.1, -0.05) is 5.16 Å². The van der Waals surface area contributed by atoms with E-state index in [1.54, 1.807) is 0 Å². The zero-order valence-corrected chi connectivity index (χ0v) is 8.42. The fraction of sp³-hybridized carbons (Fsp3) is 0.667. The van der Waals surface area contributed by atoms with Crippen LogP contribution < -0.4 is 10.6 Å². The summed E-state index contributed by atoms with van der Waals surface area (Å²) in [4.78, 5) is 0. The molecule has 0 aliphatic carbocycles. The third kappa shape index (κ3) is 3.57. The van der Waals surface area contributed by atoms with E-state index in [2.05, 4.69) is 22.7 Å². The van der Waals surface area contributed by atoms with E-state index < -0.39 is 0 Å². The van der Waals surface area contributed by atoms with Gasteiger partial charge in [0, 0.05) is 18.7 Å². The van der Waals surface area contributed by atoms with Crippen LogP contribution in [0.3, 0.4) is 0 Å². The second kappa shape index (κ2) is 4.99. The molecule has 4 heteroatoms. The van der Waals surface area contributed by atoms with Gasteiger partial charge in [-0.2, -0.15) is 0 Å². The highest BCUT2D eigenvalue weighted by Gasteiger charge is 2.03. The summed E-state index contributed by atoms with van der Waals surface area (Å²) in [7, 11) is 1.94. The number of likely N-dealkylation sites (N-methyl/N-ethyl adjacent to an activating group) is 1. The van der Waals surface area contributed by atoms with Gasteiger partial charge in [-0.05, 0) is 20.9 Å². The normalized spacial score (nSPS) is 13.2. The molecule has 2 N–H and O–H groups in total. The summed E-state index contributed by atoms with van der Waals surface area (Å²) in [5.74, 6) is 0.889. The summed E-state index contributed by atoms with van der Waals surface area (Å²) in [6, 6.07) is 2.38. The molecular weight excluding hydrogens is 166 g/mol. The topological polar surface area (TPSA) is 50.1 Å². The highest BCUT2D eigenvalue weighted by Crippen LogP contribution is 2.01. The van der Waals surface area contributed by atoms with Gasteiger partial charge in [-0.15, -0.1) is 0 Å². The van der Waals surface area contributed by atoms with Crippen molar-refractivity contribution < 1.29 is 4.52 Å². The Bertz CT molecular complexity index is 247. The molecule has 0 aliphatic rings. The molecule has 0 spiro atoms. The van der Waals surface area contributed by atoms with Gasteiger partial charge in [0.2, 0.25) is 0 Å². The Balaban J connectivity index is 2.26. The van der Waals surface area contributed by atoms with Gasteiger partial charge in [0.15, 0.2) is 5.76 Å². The van der Waals surface area contributed by atoms with Crippen molar-refractivity contribution in [3.8, 4) is 0 Å². The van der Waals surface area contributed by atoms with E-state index in [9.17, 15) is 0 Å². The number of nitrogens with one attached hydrogen (secondary N) is 2. The van der Waals surface area contributed by atoms with Gasteiger partial charge in [0.1, 0.15) is 0 Å². The molecule has 0 radical (unpaired) electrons. The minimum Gasteiger partial charge on any atom is -0.360 e. The molecule has 0 aromatic carbocycles. The molecule has 1 unspecified atom stereocenters. The summed E-state index contributed by atoms with van der Waals surface area (Å²) in [5, 5.41) is 10.2. The molecule has 0 saturated carbocycles. The lowest BCUT2D eigenvalue weighted by Gasteiger charge is -2.10. The van der Waals surface area contributed by atoms with Crippen molar-refractivity contribution in [2.24, 2.45) is 0 Å². The van der Waals surface area contributed by atoms with Gasteiger partial charge in [0.25, 0.3) is 0 Å². The molecule has 1 heterocycles. The third-order valence-electron chi connectivity index (χ3n) is 1.81. The maximum Gasteiger partial charge on any atom is 0.150 e. The van der Waals surface area contributed by atoms with E-state index in [0.717, 1.165) is 24.5 Å². The number of aromatic nitrogens is 1. The molecular formula is C9H17N3O. The van der Waals surface area contributed by atoms with Crippen LogP contribution in [0.4, 0.5) is 0 Å². The Morgan fingerprint density at radius 1 is 1.62 bits per heavy atom. The first-order chi connectivity index (χ1) is 6.22. The predicted molar refractivity (Wildman–Crippen MR) is 51.5 cm³/mol. The van der Waals surface area contributed by atoms with Crippen LogP contribution in [-0.4, -0.2) is 24.8 Å². The molecule has 0 aliphatic heterocycles. The van der Waals surface area contributed by atoms with E-state index in [-0.39, 0.29) is 0 Å². The average molecular weight is 183 g/mol. The second-order valence-electron chi connectivity index (χ2n) is 3.27. The van der Waals surface area contributed by atoms with Crippen molar-refractivity contribution in [2.75, 3.05) is 13.6 Å². The van der Waals surface area contributed by atoms with Crippen molar-refractivity contribution >= 4 is 0 Å². The number of aryl methyl sites for hydroxylation is 1. The van der Waals surface area contributed by atoms with Crippen molar-refractivity contribution in [1.82, 2.24) is 15.8 Å². The van der Waals surface area contributed by atoms with E-state index in [0.29, 0.717) is 6.04 Å². The van der Waals surface area contributed by atoms with Crippen LogP contribution in [0.1, 0.15) is 18.4 Å². The van der Waals surface area contributed by atoms with Crippen LogP contribution in [0.2, 0.25) is 0 Å². The fourth-order valence-electron chi connectivity index (χ4n) is 1.15. The van der Waals surface area contributed by atoms with Crippen molar-refractivity contribution in [3.63, 3.8) is 0 Å². The van der Waals surface area contributed by atoms with Crippen LogP contribution in [0, 0.1) is 6.92 Å². The van der Waals surface area contributed by atoms with Crippen molar-refractivity contribution in [2.45, 2.75) is 26.4 Å². The van der Waals surface area contributed by atoms with Gasteiger partial charge >= 0.3 is 0 Å². The first-order valence-corrected chi connectivity index (χ1v) is 4.52. The van der Waals surface area contributed by atoms with Crippen molar-refractivity contribution in [1.29, 1.82) is 0 Å². The maximum atomic E-state index is 5.06. The quantitative estimate of drug-likeness (QED) is 0.705. The van der Waals surface area contributed by atoms with Crippen LogP contribution in [0.5, 0.6) is 0 Å². The summed E-state index contributed by atoms with van der Waals surface area (Å²) in [5.41, 5.74) is 0.929. The van der Waals surface area contributed by atoms with Crippen LogP contribution in [-0.2, 0) is 6.54 Å². The highest BCUT2D eigenvalue weighted by atomic mass is 16.5. The van der Waals surface area contributed by atoms with Crippen LogP contribution in [0.15, 0.2) is 10.6 Å². The van der Waals surface area contributed by atoms with Gasteiger partial charge < -0.3 is 15.2 Å².